The third kappa shape index (κ3) is 5.25. The van der Waals surface area contributed by atoms with Crippen molar-refractivity contribution in [1.82, 2.24) is 0 Å². The molecule has 0 bridgehead atoms. The lowest BCUT2D eigenvalue weighted by atomic mass is 9.96. The van der Waals surface area contributed by atoms with E-state index >= 15 is 0 Å². The summed E-state index contributed by atoms with van der Waals surface area (Å²) in [6, 6.07) is 19.7. The van der Waals surface area contributed by atoms with Crippen molar-refractivity contribution in [2.75, 3.05) is 12.4 Å². The number of aryl methyl sites for hydroxylation is 1. The molecule has 1 aliphatic rings. The Morgan fingerprint density at radius 3 is 2.28 bits per heavy atom. The van der Waals surface area contributed by atoms with Gasteiger partial charge in [0.15, 0.2) is 0 Å². The van der Waals surface area contributed by atoms with Gasteiger partial charge in [-0.15, -0.1) is 23.1 Å². The van der Waals surface area contributed by atoms with Crippen LogP contribution >= 0.6 is 23.1 Å². The van der Waals surface area contributed by atoms with E-state index in [1.54, 1.807) is 0 Å². The lowest BCUT2D eigenvalue weighted by Crippen LogP contribution is -2.20. The van der Waals surface area contributed by atoms with Gasteiger partial charge < -0.3 is 10.1 Å². The number of thioether (sulfide) groups is 1. The highest BCUT2D eigenvalue weighted by Gasteiger charge is 2.29. The molecule has 4 nitrogen and oxygen atoms in total. The van der Waals surface area contributed by atoms with E-state index in [0.717, 1.165) is 41.7 Å². The highest BCUT2D eigenvalue weighted by Crippen LogP contribution is 2.40. The van der Waals surface area contributed by atoms with Crippen LogP contribution < -0.4 is 5.32 Å². The van der Waals surface area contributed by atoms with Crippen LogP contribution in [0.25, 0.3) is 0 Å². The summed E-state index contributed by atoms with van der Waals surface area (Å²) >= 11 is 3.04. The average Bonchev–Trinajstić information content (AvgIpc) is 3.13. The zero-order chi connectivity index (χ0) is 22.3. The molecule has 1 amide bonds. The molecule has 1 unspecified atom stereocenters. The molecule has 0 aliphatic heterocycles. The van der Waals surface area contributed by atoms with Crippen molar-refractivity contribution in [1.29, 1.82) is 0 Å². The monoisotopic (exact) mass is 465 g/mol. The van der Waals surface area contributed by atoms with Crippen LogP contribution in [-0.2, 0) is 22.4 Å². The molecule has 1 N–H and O–H groups in total. The van der Waals surface area contributed by atoms with E-state index in [9.17, 15) is 9.59 Å². The Hall–Kier alpha value is -2.57. The van der Waals surface area contributed by atoms with E-state index in [1.807, 2.05) is 60.7 Å². The number of anilines is 1. The van der Waals surface area contributed by atoms with Crippen molar-refractivity contribution < 1.29 is 14.3 Å². The van der Waals surface area contributed by atoms with E-state index in [4.69, 9.17) is 4.74 Å². The Morgan fingerprint density at radius 2 is 1.59 bits per heavy atom. The van der Waals surface area contributed by atoms with Crippen LogP contribution in [0.3, 0.4) is 0 Å². The Balaban J connectivity index is 1.67. The number of benzene rings is 2. The van der Waals surface area contributed by atoms with Gasteiger partial charge in [-0.3, -0.25) is 4.79 Å². The van der Waals surface area contributed by atoms with Crippen molar-refractivity contribution in [3.05, 3.63) is 82.2 Å². The van der Waals surface area contributed by atoms with Crippen LogP contribution in [-0.4, -0.2) is 19.0 Å². The first-order valence-corrected chi connectivity index (χ1v) is 12.7. The van der Waals surface area contributed by atoms with E-state index in [-0.39, 0.29) is 11.9 Å². The molecule has 0 saturated heterocycles. The largest absolute Gasteiger partial charge is 0.465 e. The number of hydrogen-bond acceptors (Lipinski definition) is 5. The number of methoxy groups -OCH3 is 1. The average molecular weight is 466 g/mol. The number of esters is 1. The Morgan fingerprint density at radius 1 is 0.938 bits per heavy atom. The number of carbonyl (C=O) groups excluding carboxylic acids is 2. The van der Waals surface area contributed by atoms with Gasteiger partial charge in [0.25, 0.3) is 0 Å². The number of amides is 1. The third-order valence-electron chi connectivity index (χ3n) is 5.64. The molecule has 1 heterocycles. The molecular formula is C26H27NO3S2. The van der Waals surface area contributed by atoms with Gasteiger partial charge in [0.2, 0.25) is 5.91 Å². The second kappa shape index (κ2) is 10.8. The maximum atomic E-state index is 13.6. The Bertz CT molecular complexity index is 1060. The van der Waals surface area contributed by atoms with Gasteiger partial charge in [-0.2, -0.15) is 0 Å². The standard InChI is InChI=1S/C26H27NO3S2/c1-30-26(29)22-20-16-10-2-3-11-17-21(20)32-25(22)27-24(28)23(18-12-6-4-7-13-18)31-19-14-8-5-9-15-19/h4-9,12-15,23H,2-3,10-11,16-17H2,1H3,(H,27,28). The molecule has 1 aromatic heterocycles. The normalized spacial score (nSPS) is 14.5. The fourth-order valence-electron chi connectivity index (χ4n) is 4.04. The van der Waals surface area contributed by atoms with Gasteiger partial charge in [-0.25, -0.2) is 4.79 Å². The summed E-state index contributed by atoms with van der Waals surface area (Å²) in [6.07, 6.45) is 6.33. The zero-order valence-corrected chi connectivity index (χ0v) is 19.8. The third-order valence-corrected chi connectivity index (χ3v) is 8.11. The van der Waals surface area contributed by atoms with Gasteiger partial charge in [0, 0.05) is 9.77 Å². The first kappa shape index (κ1) is 22.6. The molecule has 32 heavy (non-hydrogen) atoms. The smallest absolute Gasteiger partial charge is 0.341 e. The summed E-state index contributed by atoms with van der Waals surface area (Å²) in [5, 5.41) is 3.28. The molecule has 0 radical (unpaired) electrons. The van der Waals surface area contributed by atoms with Crippen LogP contribution in [0.5, 0.6) is 0 Å². The van der Waals surface area contributed by atoms with Gasteiger partial charge in [-0.1, -0.05) is 61.4 Å². The van der Waals surface area contributed by atoms with Crippen LogP contribution in [0.4, 0.5) is 5.00 Å². The van der Waals surface area contributed by atoms with Gasteiger partial charge in [0.05, 0.1) is 12.7 Å². The summed E-state index contributed by atoms with van der Waals surface area (Å²) in [7, 11) is 1.40. The second-order valence-corrected chi connectivity index (χ2v) is 10.1. The van der Waals surface area contributed by atoms with Crippen LogP contribution in [0.2, 0.25) is 0 Å². The SMILES string of the molecule is COC(=O)c1c(NC(=O)C(Sc2ccccc2)c2ccccc2)sc2c1CCCCCC2. The summed E-state index contributed by atoms with van der Waals surface area (Å²) in [5.41, 5.74) is 2.52. The highest BCUT2D eigenvalue weighted by molar-refractivity contribution is 8.00. The predicted octanol–water partition coefficient (Wildman–Crippen LogP) is 6.67. The summed E-state index contributed by atoms with van der Waals surface area (Å²) in [4.78, 5) is 28.5. The predicted molar refractivity (Wildman–Crippen MR) is 132 cm³/mol. The summed E-state index contributed by atoms with van der Waals surface area (Å²) < 4.78 is 5.11. The molecule has 3 aromatic rings. The summed E-state index contributed by atoms with van der Waals surface area (Å²) in [6.45, 7) is 0. The maximum Gasteiger partial charge on any atom is 0.341 e. The molecule has 0 spiro atoms. The van der Waals surface area contributed by atoms with E-state index in [2.05, 4.69) is 5.32 Å². The lowest BCUT2D eigenvalue weighted by molar-refractivity contribution is -0.115. The first-order valence-electron chi connectivity index (χ1n) is 11.0. The Labute approximate surface area is 197 Å². The van der Waals surface area contributed by atoms with E-state index in [0.29, 0.717) is 10.6 Å². The molecule has 6 heteroatoms. The van der Waals surface area contributed by atoms with Gasteiger partial charge >= 0.3 is 5.97 Å². The fraction of sp³-hybridized carbons (Fsp3) is 0.308. The molecular weight excluding hydrogens is 438 g/mol. The van der Waals surface area contributed by atoms with Crippen molar-refractivity contribution in [3.63, 3.8) is 0 Å². The zero-order valence-electron chi connectivity index (χ0n) is 18.1. The Kier molecular flexibility index (Phi) is 7.66. The van der Waals surface area contributed by atoms with E-state index in [1.165, 1.54) is 47.9 Å². The molecule has 1 atom stereocenters. The number of fused-ring (bicyclic) bond motifs is 1. The maximum absolute atomic E-state index is 13.6. The van der Waals surface area contributed by atoms with Crippen LogP contribution in [0, 0.1) is 0 Å². The molecule has 0 saturated carbocycles. The number of ether oxygens (including phenoxy) is 1. The molecule has 4 rings (SSSR count). The molecule has 0 fully saturated rings. The van der Waals surface area contributed by atoms with Crippen LogP contribution in [0.1, 0.15) is 57.3 Å². The first-order chi connectivity index (χ1) is 15.7. The minimum Gasteiger partial charge on any atom is -0.465 e. The molecule has 1 aliphatic carbocycles. The van der Waals surface area contributed by atoms with Crippen LogP contribution in [0.15, 0.2) is 65.6 Å². The van der Waals surface area contributed by atoms with Crippen molar-refractivity contribution in [3.8, 4) is 0 Å². The fourth-order valence-corrected chi connectivity index (χ4v) is 6.36. The number of hydrogen-bond donors (Lipinski definition) is 1. The lowest BCUT2D eigenvalue weighted by Gasteiger charge is -2.17. The summed E-state index contributed by atoms with van der Waals surface area (Å²) in [5.74, 6) is -0.505. The van der Waals surface area contributed by atoms with Crippen molar-refractivity contribution in [2.24, 2.45) is 0 Å². The minimum absolute atomic E-state index is 0.135. The number of carbonyl (C=O) groups is 2. The number of thiophene rings is 1. The highest BCUT2D eigenvalue weighted by atomic mass is 32.2. The van der Waals surface area contributed by atoms with Crippen molar-refractivity contribution in [2.45, 2.75) is 48.7 Å². The van der Waals surface area contributed by atoms with E-state index < -0.39 is 5.25 Å². The minimum atomic E-state index is -0.436. The molecule has 2 aromatic carbocycles. The number of rotatable bonds is 6. The van der Waals surface area contributed by atoms with Gasteiger partial charge in [-0.05, 0) is 48.9 Å². The van der Waals surface area contributed by atoms with Crippen molar-refractivity contribution >= 4 is 40.0 Å². The topological polar surface area (TPSA) is 55.4 Å². The number of nitrogens with one attached hydrogen (secondary N) is 1. The quantitative estimate of drug-likeness (QED) is 0.326. The second-order valence-electron chi connectivity index (χ2n) is 7.82. The van der Waals surface area contributed by atoms with Gasteiger partial charge in [0.1, 0.15) is 10.3 Å². The molecule has 166 valence electrons.